The minimum absolute atomic E-state index is 0.0477. The van der Waals surface area contributed by atoms with Gasteiger partial charge < -0.3 is 5.32 Å². The summed E-state index contributed by atoms with van der Waals surface area (Å²) in [7, 11) is 3.41. The third-order valence-electron chi connectivity index (χ3n) is 6.06. The Morgan fingerprint density at radius 1 is 0.941 bits per heavy atom. The maximum absolute atomic E-state index is 14.5. The average molecular weight is 497 g/mol. The van der Waals surface area contributed by atoms with Gasteiger partial charge in [-0.3, -0.25) is 18.9 Å². The SMILES string of the molecule is Cn1c(=O)n(C)c2cc(C3=NC(Cc4ccc(Cl)cc4F)C(=O)Nc4ccc(Cl)cc43)ccc21. The van der Waals surface area contributed by atoms with Crippen LogP contribution in [-0.4, -0.2) is 26.8 Å². The van der Waals surface area contributed by atoms with E-state index in [2.05, 4.69) is 5.32 Å². The maximum Gasteiger partial charge on any atom is 0.328 e. The minimum Gasteiger partial charge on any atom is -0.324 e. The van der Waals surface area contributed by atoms with Crippen molar-refractivity contribution in [1.82, 2.24) is 9.13 Å². The second kappa shape index (κ2) is 8.42. The van der Waals surface area contributed by atoms with Crippen molar-refractivity contribution in [3.63, 3.8) is 0 Å². The average Bonchev–Trinajstić information content (AvgIpc) is 2.94. The Kier molecular flexibility index (Phi) is 5.54. The Hall–Kier alpha value is -3.42. The molecule has 0 radical (unpaired) electrons. The van der Waals surface area contributed by atoms with E-state index in [1.807, 2.05) is 18.2 Å². The lowest BCUT2D eigenvalue weighted by molar-refractivity contribution is -0.117. The molecule has 0 spiro atoms. The van der Waals surface area contributed by atoms with Gasteiger partial charge in [0.2, 0.25) is 5.91 Å². The number of imidazole rings is 1. The van der Waals surface area contributed by atoms with Crippen LogP contribution in [0.1, 0.15) is 16.7 Å². The van der Waals surface area contributed by atoms with E-state index in [0.717, 1.165) is 11.0 Å². The van der Waals surface area contributed by atoms with Gasteiger partial charge >= 0.3 is 5.69 Å². The predicted octanol–water partition coefficient (Wildman–Crippen LogP) is 4.72. The Bertz CT molecular complexity index is 1570. The zero-order valence-electron chi connectivity index (χ0n) is 18.3. The molecule has 1 unspecified atom stereocenters. The molecule has 0 saturated carbocycles. The molecule has 3 aromatic carbocycles. The zero-order valence-corrected chi connectivity index (χ0v) is 19.8. The highest BCUT2D eigenvalue weighted by Crippen LogP contribution is 2.29. The van der Waals surface area contributed by atoms with Crippen LogP contribution in [0.5, 0.6) is 0 Å². The van der Waals surface area contributed by atoms with Gasteiger partial charge in [-0.05, 0) is 48.0 Å². The first-order chi connectivity index (χ1) is 16.2. The summed E-state index contributed by atoms with van der Waals surface area (Å²) in [5, 5.41) is 3.65. The summed E-state index contributed by atoms with van der Waals surface area (Å²) in [5.41, 5.74) is 4.09. The number of aliphatic imine (C=N–C) groups is 1. The molecule has 0 fully saturated rings. The maximum atomic E-state index is 14.5. The quantitative estimate of drug-likeness (QED) is 0.445. The number of halogens is 3. The number of aryl methyl sites for hydroxylation is 2. The Balaban J connectivity index is 1.69. The summed E-state index contributed by atoms with van der Waals surface area (Å²) in [5.74, 6) is -0.858. The monoisotopic (exact) mass is 496 g/mol. The number of benzene rings is 3. The minimum atomic E-state index is -0.896. The number of benzodiazepines with no additional fused rings is 1. The van der Waals surface area contributed by atoms with Crippen molar-refractivity contribution in [2.45, 2.75) is 12.5 Å². The molecule has 1 N–H and O–H groups in total. The van der Waals surface area contributed by atoms with Gasteiger partial charge in [-0.15, -0.1) is 0 Å². The molecule has 1 aromatic heterocycles. The van der Waals surface area contributed by atoms with Gasteiger partial charge in [-0.1, -0.05) is 35.3 Å². The van der Waals surface area contributed by atoms with Crippen LogP contribution < -0.4 is 11.0 Å². The largest absolute Gasteiger partial charge is 0.328 e. The van der Waals surface area contributed by atoms with Gasteiger partial charge in [0.05, 0.1) is 22.4 Å². The number of fused-ring (bicyclic) bond motifs is 2. The molecule has 0 bridgehead atoms. The Morgan fingerprint density at radius 2 is 1.65 bits per heavy atom. The van der Waals surface area contributed by atoms with E-state index in [1.165, 1.54) is 6.07 Å². The van der Waals surface area contributed by atoms with E-state index in [1.54, 1.807) is 53.6 Å². The first kappa shape index (κ1) is 22.4. The van der Waals surface area contributed by atoms with E-state index >= 15 is 0 Å². The lowest BCUT2D eigenvalue weighted by Crippen LogP contribution is -2.28. The standard InChI is InChI=1S/C25H19Cl2FN4O2/c1-31-21-8-4-14(10-22(21)32(2)25(31)34)23-17-11-15(26)6-7-19(17)30-24(33)20(29-23)9-13-3-5-16(27)12-18(13)28/h3-8,10-12,20H,9H2,1-2H3,(H,30,33). The lowest BCUT2D eigenvalue weighted by Gasteiger charge is -2.12. The van der Waals surface area contributed by atoms with Crippen LogP contribution in [-0.2, 0) is 25.3 Å². The second-order valence-electron chi connectivity index (χ2n) is 8.22. The van der Waals surface area contributed by atoms with Crippen molar-refractivity contribution >= 4 is 51.5 Å². The molecule has 9 heteroatoms. The number of anilines is 1. The molecule has 1 aliphatic heterocycles. The second-order valence-corrected chi connectivity index (χ2v) is 9.09. The Morgan fingerprint density at radius 3 is 2.41 bits per heavy atom. The molecule has 1 amide bonds. The van der Waals surface area contributed by atoms with E-state index in [-0.39, 0.29) is 23.0 Å². The van der Waals surface area contributed by atoms with Crippen molar-refractivity contribution < 1.29 is 9.18 Å². The molecule has 0 saturated heterocycles. The number of rotatable bonds is 3. The van der Waals surface area contributed by atoms with Crippen LogP contribution in [0.25, 0.3) is 11.0 Å². The van der Waals surface area contributed by atoms with Gasteiger partial charge in [-0.2, -0.15) is 0 Å². The number of hydrogen-bond donors (Lipinski definition) is 1. The van der Waals surface area contributed by atoms with E-state index in [9.17, 15) is 14.0 Å². The van der Waals surface area contributed by atoms with Gasteiger partial charge in [0.25, 0.3) is 0 Å². The van der Waals surface area contributed by atoms with Gasteiger partial charge in [-0.25, -0.2) is 9.18 Å². The van der Waals surface area contributed by atoms with Crippen LogP contribution in [0.3, 0.4) is 0 Å². The van der Waals surface area contributed by atoms with Gasteiger partial charge in [0.1, 0.15) is 11.9 Å². The molecule has 2 heterocycles. The van der Waals surface area contributed by atoms with Crippen molar-refractivity contribution in [2.75, 3.05) is 5.32 Å². The number of aromatic nitrogens is 2. The Labute approximate surface area is 204 Å². The summed E-state index contributed by atoms with van der Waals surface area (Å²) in [4.78, 5) is 30.3. The van der Waals surface area contributed by atoms with Crippen LogP contribution >= 0.6 is 23.2 Å². The van der Waals surface area contributed by atoms with Crippen molar-refractivity contribution in [1.29, 1.82) is 0 Å². The highest BCUT2D eigenvalue weighted by molar-refractivity contribution is 6.32. The highest BCUT2D eigenvalue weighted by Gasteiger charge is 2.27. The smallest absolute Gasteiger partial charge is 0.324 e. The molecule has 1 aliphatic rings. The molecule has 0 aliphatic carbocycles. The summed E-state index contributed by atoms with van der Waals surface area (Å²) in [6, 6.07) is 14.1. The molecular weight excluding hydrogens is 478 g/mol. The number of carbonyl (C=O) groups excluding carboxylic acids is 1. The number of carbonyl (C=O) groups is 1. The van der Waals surface area contributed by atoms with Crippen molar-refractivity contribution in [3.05, 3.63) is 97.6 Å². The van der Waals surface area contributed by atoms with E-state index in [0.29, 0.717) is 33.1 Å². The predicted molar refractivity (Wildman–Crippen MR) is 133 cm³/mol. The molecule has 6 nitrogen and oxygen atoms in total. The molecule has 172 valence electrons. The number of hydrogen-bond acceptors (Lipinski definition) is 3. The number of amides is 1. The third-order valence-corrected chi connectivity index (χ3v) is 6.53. The number of nitrogens with zero attached hydrogens (tertiary/aromatic N) is 3. The molecule has 1 atom stereocenters. The summed E-state index contributed by atoms with van der Waals surface area (Å²) in [6.45, 7) is 0. The van der Waals surface area contributed by atoms with Crippen LogP contribution in [0, 0.1) is 5.82 Å². The zero-order chi connectivity index (χ0) is 24.1. The topological polar surface area (TPSA) is 68.4 Å². The fraction of sp³-hybridized carbons (Fsp3) is 0.160. The fourth-order valence-electron chi connectivity index (χ4n) is 4.24. The van der Waals surface area contributed by atoms with Crippen LogP contribution in [0.2, 0.25) is 10.0 Å². The number of nitrogens with one attached hydrogen (secondary N) is 1. The third kappa shape index (κ3) is 3.81. The highest BCUT2D eigenvalue weighted by atomic mass is 35.5. The molecular formula is C25H19Cl2FN4O2. The molecule has 5 rings (SSSR count). The van der Waals surface area contributed by atoms with Crippen molar-refractivity contribution in [2.24, 2.45) is 19.1 Å². The molecule has 34 heavy (non-hydrogen) atoms. The van der Waals surface area contributed by atoms with Crippen LogP contribution in [0.4, 0.5) is 10.1 Å². The summed E-state index contributed by atoms with van der Waals surface area (Å²) < 4.78 is 17.6. The van der Waals surface area contributed by atoms with Crippen molar-refractivity contribution in [3.8, 4) is 0 Å². The van der Waals surface area contributed by atoms with E-state index in [4.69, 9.17) is 28.2 Å². The van der Waals surface area contributed by atoms with E-state index < -0.39 is 11.9 Å². The lowest BCUT2D eigenvalue weighted by atomic mass is 9.99. The first-order valence-corrected chi connectivity index (χ1v) is 11.3. The molecule has 4 aromatic rings. The summed E-state index contributed by atoms with van der Waals surface area (Å²) >= 11 is 12.2. The normalized spacial score (nSPS) is 15.6. The fourth-order valence-corrected chi connectivity index (χ4v) is 4.57. The summed E-state index contributed by atoms with van der Waals surface area (Å²) in [6.07, 6.45) is 0.0477. The van der Waals surface area contributed by atoms with Gasteiger partial charge in [0, 0.05) is 41.7 Å². The first-order valence-electron chi connectivity index (χ1n) is 10.5. The van der Waals surface area contributed by atoms with Gasteiger partial charge in [0.15, 0.2) is 0 Å². The van der Waals surface area contributed by atoms with Crippen LogP contribution in [0.15, 0.2) is 64.4 Å².